The van der Waals surface area contributed by atoms with Gasteiger partial charge in [0.15, 0.2) is 0 Å². The molecule has 0 aliphatic carbocycles. The number of unbranched alkanes of at least 4 members (excludes halogenated alkanes) is 9. The summed E-state index contributed by atoms with van der Waals surface area (Å²) in [4.78, 5) is 0. The molecule has 0 fully saturated rings. The Balaban J connectivity index is 0.000000546. The molecule has 0 radical (unpaired) electrons. The average Bonchev–Trinajstić information content (AvgIpc) is 2.98. The maximum absolute atomic E-state index is 5.06. The van der Waals surface area contributed by atoms with Crippen molar-refractivity contribution in [3.8, 4) is 0 Å². The molecule has 3 nitrogen and oxygen atoms in total. The van der Waals surface area contributed by atoms with Gasteiger partial charge in [0.2, 0.25) is 6.33 Å². The summed E-state index contributed by atoms with van der Waals surface area (Å²) in [6, 6.07) is 0. The van der Waals surface area contributed by atoms with Crippen LogP contribution in [0.15, 0.2) is 18.7 Å². The quantitative estimate of drug-likeness (QED) is 0.220. The summed E-state index contributed by atoms with van der Waals surface area (Å²) in [6.07, 6.45) is 19.5. The number of aryl methyl sites for hydroxylation is 2. The van der Waals surface area contributed by atoms with Gasteiger partial charge in [-0.2, -0.15) is 0 Å². The summed E-state index contributed by atoms with van der Waals surface area (Å²) < 4.78 is 9.48. The van der Waals surface area contributed by atoms with Crippen LogP contribution in [0.2, 0.25) is 0 Å². The maximum atomic E-state index is 5.06. The number of aromatic nitrogens is 2. The monoisotopic (exact) mass is 372 g/mol. The summed E-state index contributed by atoms with van der Waals surface area (Å²) in [5, 5.41) is 0. The highest BCUT2D eigenvalue weighted by atomic mass is 32.1. The van der Waals surface area contributed by atoms with Gasteiger partial charge in [0, 0.05) is 4.38 Å². The molecule has 5 heteroatoms. The third kappa shape index (κ3) is 16.2. The van der Waals surface area contributed by atoms with E-state index < -0.39 is 0 Å². The van der Waals surface area contributed by atoms with E-state index in [0.29, 0.717) is 6.61 Å². The third-order valence-electron chi connectivity index (χ3n) is 3.91. The number of imidazole rings is 1. The van der Waals surface area contributed by atoms with Crippen LogP contribution in [0, 0.1) is 0 Å². The van der Waals surface area contributed by atoms with Crippen molar-refractivity contribution in [1.82, 2.24) is 4.57 Å². The second kappa shape index (κ2) is 17.2. The van der Waals surface area contributed by atoms with Crippen molar-refractivity contribution in [2.24, 2.45) is 7.05 Å². The molecule has 0 aliphatic rings. The standard InChI is InChI=1S/C13H26OS2.C6H11N2/c1-2-3-4-5-6-7-8-9-10-11-12-14-13(15)16;1-3-8-5-4-7(2)6-8/h2-12H2,1H3,(H,15,16);4-6H,3H2,1-2H3/q;+1/p-1. The predicted octanol–water partition coefficient (Wildman–Crippen LogP) is 5.09. The third-order valence-corrected chi connectivity index (χ3v) is 4.14. The van der Waals surface area contributed by atoms with E-state index in [0.717, 1.165) is 13.0 Å². The van der Waals surface area contributed by atoms with Gasteiger partial charge in [0.05, 0.1) is 20.2 Å². The van der Waals surface area contributed by atoms with E-state index in [1.807, 2.05) is 17.8 Å². The van der Waals surface area contributed by atoms with Crippen molar-refractivity contribution in [2.75, 3.05) is 6.61 Å². The van der Waals surface area contributed by atoms with Crippen LogP contribution in [0.3, 0.4) is 0 Å². The fraction of sp³-hybridized carbons (Fsp3) is 0.789. The van der Waals surface area contributed by atoms with Gasteiger partial charge < -0.3 is 29.6 Å². The zero-order valence-corrected chi connectivity index (χ0v) is 17.5. The van der Waals surface area contributed by atoms with E-state index >= 15 is 0 Å². The van der Waals surface area contributed by atoms with Crippen LogP contribution in [0.5, 0.6) is 0 Å². The molecule has 1 heterocycles. The summed E-state index contributed by atoms with van der Waals surface area (Å²) in [5.41, 5.74) is 0. The van der Waals surface area contributed by atoms with Crippen LogP contribution in [-0.2, 0) is 31.0 Å². The molecule has 0 saturated heterocycles. The minimum atomic E-state index is 0.260. The lowest BCUT2D eigenvalue weighted by molar-refractivity contribution is -0.671. The van der Waals surface area contributed by atoms with Crippen molar-refractivity contribution in [2.45, 2.75) is 84.6 Å². The first-order valence-corrected chi connectivity index (χ1v) is 10.3. The zero-order chi connectivity index (χ0) is 18.0. The molecule has 0 aromatic carbocycles. The van der Waals surface area contributed by atoms with Crippen LogP contribution in [0.4, 0.5) is 0 Å². The molecular weight excluding hydrogens is 336 g/mol. The van der Waals surface area contributed by atoms with Gasteiger partial charge in [-0.1, -0.05) is 64.7 Å². The topological polar surface area (TPSA) is 18.0 Å². The van der Waals surface area contributed by atoms with Crippen molar-refractivity contribution in [3.63, 3.8) is 0 Å². The van der Waals surface area contributed by atoms with E-state index in [2.05, 4.69) is 55.8 Å². The molecule has 0 atom stereocenters. The summed E-state index contributed by atoms with van der Waals surface area (Å²) in [5.74, 6) is 0. The van der Waals surface area contributed by atoms with Crippen LogP contribution in [0.1, 0.15) is 78.1 Å². The summed E-state index contributed by atoms with van der Waals surface area (Å²) in [6.45, 7) is 6.15. The molecule has 0 N–H and O–H groups in total. The number of thiocarbonyl (C=S) groups is 1. The highest BCUT2D eigenvalue weighted by molar-refractivity contribution is 7.99. The Bertz CT molecular complexity index is 408. The number of hydrogen-bond donors (Lipinski definition) is 0. The van der Waals surface area contributed by atoms with Gasteiger partial charge in [-0.25, -0.2) is 9.13 Å². The normalized spacial score (nSPS) is 10.1. The highest BCUT2D eigenvalue weighted by Crippen LogP contribution is 2.10. The van der Waals surface area contributed by atoms with Gasteiger partial charge in [0.25, 0.3) is 0 Å². The van der Waals surface area contributed by atoms with Crippen molar-refractivity contribution < 1.29 is 9.30 Å². The Labute approximate surface area is 160 Å². The Hall–Kier alpha value is -0.680. The lowest BCUT2D eigenvalue weighted by Gasteiger charge is -2.08. The van der Waals surface area contributed by atoms with E-state index in [1.165, 1.54) is 57.8 Å². The van der Waals surface area contributed by atoms with E-state index in [9.17, 15) is 0 Å². The second-order valence-corrected chi connectivity index (χ2v) is 7.19. The van der Waals surface area contributed by atoms with Crippen molar-refractivity contribution in [3.05, 3.63) is 18.7 Å². The number of rotatable bonds is 12. The van der Waals surface area contributed by atoms with Crippen LogP contribution in [-0.4, -0.2) is 15.6 Å². The Kier molecular flexibility index (Phi) is 16.7. The molecule has 0 saturated carbocycles. The molecular formula is C19H36N2OS2. The van der Waals surface area contributed by atoms with E-state index in [1.54, 1.807) is 0 Å². The van der Waals surface area contributed by atoms with Gasteiger partial charge in [-0.15, -0.1) is 0 Å². The molecule has 0 bridgehead atoms. The number of ether oxygens (including phenoxy) is 1. The number of hydrogen-bond acceptors (Lipinski definition) is 3. The molecule has 0 amide bonds. The van der Waals surface area contributed by atoms with Gasteiger partial charge in [-0.3, -0.25) is 0 Å². The lowest BCUT2D eigenvalue weighted by Crippen LogP contribution is -2.23. The second-order valence-electron chi connectivity index (χ2n) is 6.19. The lowest BCUT2D eigenvalue weighted by atomic mass is 10.1. The smallest absolute Gasteiger partial charge is 0.243 e. The first-order chi connectivity index (χ1) is 11.6. The van der Waals surface area contributed by atoms with Crippen molar-refractivity contribution >= 4 is 29.2 Å². The molecule has 1 aromatic heterocycles. The van der Waals surface area contributed by atoms with E-state index in [4.69, 9.17) is 4.74 Å². The molecule has 0 aliphatic heterocycles. The Morgan fingerprint density at radius 2 is 1.54 bits per heavy atom. The molecule has 140 valence electrons. The van der Waals surface area contributed by atoms with E-state index in [-0.39, 0.29) is 4.38 Å². The first kappa shape index (κ1) is 23.3. The van der Waals surface area contributed by atoms with Gasteiger partial charge in [-0.05, 0) is 13.3 Å². The Morgan fingerprint density at radius 1 is 1.00 bits per heavy atom. The minimum Gasteiger partial charge on any atom is -0.514 e. The zero-order valence-electron chi connectivity index (χ0n) is 15.8. The SMILES string of the molecule is CCCCCCCCCCCCOC(=S)[S-].CCn1cc[n+](C)c1. The minimum absolute atomic E-state index is 0.260. The maximum Gasteiger partial charge on any atom is 0.243 e. The fourth-order valence-electron chi connectivity index (χ4n) is 2.43. The largest absolute Gasteiger partial charge is 0.514 e. The Morgan fingerprint density at radius 3 is 1.92 bits per heavy atom. The fourth-order valence-corrected chi connectivity index (χ4v) is 2.60. The van der Waals surface area contributed by atoms with Gasteiger partial charge >= 0.3 is 0 Å². The van der Waals surface area contributed by atoms with Crippen molar-refractivity contribution in [1.29, 1.82) is 0 Å². The first-order valence-electron chi connectivity index (χ1n) is 9.44. The molecule has 1 rings (SSSR count). The summed E-state index contributed by atoms with van der Waals surface area (Å²) >= 11 is 9.32. The molecule has 24 heavy (non-hydrogen) atoms. The highest BCUT2D eigenvalue weighted by Gasteiger charge is 1.93. The van der Waals surface area contributed by atoms with Crippen LogP contribution >= 0.6 is 12.2 Å². The molecule has 0 spiro atoms. The number of nitrogens with zero attached hydrogens (tertiary/aromatic N) is 2. The predicted molar refractivity (Wildman–Crippen MR) is 109 cm³/mol. The summed E-state index contributed by atoms with van der Waals surface area (Å²) in [7, 11) is 2.02. The van der Waals surface area contributed by atoms with Gasteiger partial charge in [0.1, 0.15) is 12.4 Å². The van der Waals surface area contributed by atoms with Crippen LogP contribution < -0.4 is 4.57 Å². The molecule has 0 unspecified atom stereocenters. The van der Waals surface area contributed by atoms with Crippen LogP contribution in [0.25, 0.3) is 0 Å². The average molecular weight is 373 g/mol. The molecule has 1 aromatic rings.